The van der Waals surface area contributed by atoms with E-state index in [1.165, 1.54) is 6.20 Å². The highest BCUT2D eigenvalue weighted by Gasteiger charge is 2.37. The fraction of sp³-hybridized carbons (Fsp3) is 0.0833. The van der Waals surface area contributed by atoms with Gasteiger partial charge in [0, 0.05) is 0 Å². The molecule has 1 aromatic carbocycles. The van der Waals surface area contributed by atoms with E-state index in [1.54, 1.807) is 18.2 Å². The zero-order valence-corrected chi connectivity index (χ0v) is 11.6. The van der Waals surface area contributed by atoms with Crippen LogP contribution in [0.2, 0.25) is 0 Å². The van der Waals surface area contributed by atoms with Crippen LogP contribution in [0.4, 0.5) is 13.2 Å². The van der Waals surface area contributed by atoms with E-state index >= 15 is 0 Å². The minimum absolute atomic E-state index is 0.266. The number of alkyl halides is 3. The van der Waals surface area contributed by atoms with Gasteiger partial charge in [0.1, 0.15) is 5.69 Å². The Morgan fingerprint density at radius 3 is 2.68 bits per heavy atom. The lowest BCUT2D eigenvalue weighted by Gasteiger charge is -2.03. The third-order valence-corrected chi connectivity index (χ3v) is 2.94. The Morgan fingerprint density at radius 2 is 1.95 bits per heavy atom. The summed E-state index contributed by atoms with van der Waals surface area (Å²) < 4.78 is 38.5. The van der Waals surface area contributed by atoms with Crippen LogP contribution in [0.3, 0.4) is 0 Å². The molecule has 2 heterocycles. The molecule has 0 spiro atoms. The fourth-order valence-electron chi connectivity index (χ4n) is 1.73. The average Bonchev–Trinajstić information content (AvgIpc) is 2.86. The lowest BCUT2D eigenvalue weighted by Crippen LogP contribution is -2.13. The van der Waals surface area contributed by atoms with Gasteiger partial charge in [-0.05, 0) is 24.4 Å². The monoisotopic (exact) mass is 324 g/mol. The highest BCUT2D eigenvalue weighted by atomic mass is 32.1. The highest BCUT2D eigenvalue weighted by Crippen LogP contribution is 2.27. The maximum absolute atomic E-state index is 12.7. The van der Waals surface area contributed by atoms with Crippen molar-refractivity contribution in [2.45, 2.75) is 6.18 Å². The van der Waals surface area contributed by atoms with Crippen molar-refractivity contribution < 1.29 is 13.2 Å². The normalized spacial score (nSPS) is 12.3. The summed E-state index contributed by atoms with van der Waals surface area (Å²) in [5, 5.41) is 8.86. The summed E-state index contributed by atoms with van der Waals surface area (Å²) in [6, 6.07) is 7.11. The molecule has 0 atom stereocenters. The first-order valence-corrected chi connectivity index (χ1v) is 6.37. The standard InChI is InChI=1S/C12H7F3N6S/c13-12(14,15)10-19-20-11(22)21(10)17-6-7-5-16-8-3-1-2-4-9(8)18-7/h1-6H,(H,20,22)/b17-6-. The van der Waals surface area contributed by atoms with Gasteiger partial charge in [-0.3, -0.25) is 4.98 Å². The number of halogens is 3. The molecule has 0 aliphatic carbocycles. The van der Waals surface area contributed by atoms with Gasteiger partial charge in [-0.25, -0.2) is 10.1 Å². The van der Waals surface area contributed by atoms with Crippen LogP contribution in [-0.2, 0) is 6.18 Å². The summed E-state index contributed by atoms with van der Waals surface area (Å²) in [5.74, 6) is -1.23. The maximum Gasteiger partial charge on any atom is 0.453 e. The summed E-state index contributed by atoms with van der Waals surface area (Å²) in [5.41, 5.74) is 1.59. The number of aromatic amines is 1. The molecule has 0 saturated carbocycles. The van der Waals surface area contributed by atoms with Crippen LogP contribution in [0, 0.1) is 4.77 Å². The highest BCUT2D eigenvalue weighted by molar-refractivity contribution is 7.71. The van der Waals surface area contributed by atoms with Gasteiger partial charge >= 0.3 is 6.18 Å². The van der Waals surface area contributed by atoms with Crippen LogP contribution in [0.1, 0.15) is 11.5 Å². The number of nitrogens with zero attached hydrogens (tertiary/aromatic N) is 5. The van der Waals surface area contributed by atoms with Gasteiger partial charge in [-0.2, -0.15) is 22.9 Å². The molecule has 2 aromatic heterocycles. The van der Waals surface area contributed by atoms with Crippen molar-refractivity contribution in [3.8, 4) is 0 Å². The number of aromatic nitrogens is 5. The number of H-pyrrole nitrogens is 1. The molecule has 3 rings (SSSR count). The summed E-state index contributed by atoms with van der Waals surface area (Å²) >= 11 is 4.73. The van der Waals surface area contributed by atoms with Gasteiger partial charge in [-0.15, -0.1) is 5.10 Å². The number of benzene rings is 1. The van der Waals surface area contributed by atoms with E-state index in [0.717, 1.165) is 6.21 Å². The second-order valence-corrected chi connectivity index (χ2v) is 4.58. The number of hydrogen-bond donors (Lipinski definition) is 1. The van der Waals surface area contributed by atoms with Crippen LogP contribution in [0.15, 0.2) is 35.6 Å². The van der Waals surface area contributed by atoms with Gasteiger partial charge in [-0.1, -0.05) is 12.1 Å². The predicted octanol–water partition coefficient (Wildman–Crippen LogP) is 2.78. The van der Waals surface area contributed by atoms with Crippen molar-refractivity contribution in [2.75, 3.05) is 0 Å². The number of hydrogen-bond acceptors (Lipinski definition) is 5. The molecule has 3 aromatic rings. The molecular formula is C12H7F3N6S. The van der Waals surface area contributed by atoms with Crippen LogP contribution in [-0.4, -0.2) is 31.1 Å². The molecule has 0 amide bonds. The summed E-state index contributed by atoms with van der Waals surface area (Å²) in [4.78, 5) is 8.37. The first-order chi connectivity index (χ1) is 10.4. The molecule has 0 radical (unpaired) electrons. The predicted molar refractivity (Wildman–Crippen MR) is 74.9 cm³/mol. The Kier molecular flexibility index (Phi) is 3.45. The van der Waals surface area contributed by atoms with Gasteiger partial charge < -0.3 is 0 Å². The summed E-state index contributed by atoms with van der Waals surface area (Å²) in [6.45, 7) is 0. The molecule has 0 fully saturated rings. The Hall–Kier alpha value is -2.62. The molecule has 0 bridgehead atoms. The van der Waals surface area contributed by atoms with Gasteiger partial charge in [0.2, 0.25) is 4.77 Å². The van der Waals surface area contributed by atoms with E-state index < -0.39 is 12.0 Å². The van der Waals surface area contributed by atoms with Crippen LogP contribution in [0.5, 0.6) is 0 Å². The van der Waals surface area contributed by atoms with Crippen molar-refractivity contribution in [3.63, 3.8) is 0 Å². The SMILES string of the molecule is FC(F)(F)c1n[nH]c(=S)n1/N=C\c1cnc2ccccc2n1. The van der Waals surface area contributed by atoms with Crippen LogP contribution < -0.4 is 0 Å². The molecule has 0 saturated heterocycles. The summed E-state index contributed by atoms with van der Waals surface area (Å²) in [7, 11) is 0. The zero-order valence-electron chi connectivity index (χ0n) is 10.7. The third-order valence-electron chi connectivity index (χ3n) is 2.68. The first kappa shape index (κ1) is 14.3. The lowest BCUT2D eigenvalue weighted by atomic mass is 10.3. The van der Waals surface area contributed by atoms with Crippen molar-refractivity contribution >= 4 is 29.5 Å². The Bertz CT molecular complexity index is 911. The topological polar surface area (TPSA) is 71.8 Å². The maximum atomic E-state index is 12.7. The minimum Gasteiger partial charge on any atom is -0.252 e. The number of rotatable bonds is 2. The molecule has 112 valence electrons. The van der Waals surface area contributed by atoms with Crippen LogP contribution >= 0.6 is 12.2 Å². The largest absolute Gasteiger partial charge is 0.453 e. The minimum atomic E-state index is -4.67. The van der Waals surface area contributed by atoms with Gasteiger partial charge in [0.25, 0.3) is 5.82 Å². The van der Waals surface area contributed by atoms with Gasteiger partial charge in [0.05, 0.1) is 23.4 Å². The van der Waals surface area contributed by atoms with E-state index in [2.05, 4.69) is 25.3 Å². The number of para-hydroxylation sites is 2. The molecule has 1 N–H and O–H groups in total. The van der Waals surface area contributed by atoms with E-state index in [0.29, 0.717) is 21.4 Å². The Balaban J connectivity index is 2.00. The molecule has 22 heavy (non-hydrogen) atoms. The summed E-state index contributed by atoms with van der Waals surface area (Å²) in [6.07, 6.45) is -2.12. The smallest absolute Gasteiger partial charge is 0.252 e. The number of fused-ring (bicyclic) bond motifs is 1. The quantitative estimate of drug-likeness (QED) is 0.581. The Morgan fingerprint density at radius 1 is 1.23 bits per heavy atom. The van der Waals surface area contributed by atoms with E-state index in [-0.39, 0.29) is 4.77 Å². The number of nitrogens with one attached hydrogen (secondary N) is 1. The molecule has 6 nitrogen and oxygen atoms in total. The third kappa shape index (κ3) is 2.72. The van der Waals surface area contributed by atoms with Crippen molar-refractivity contribution in [1.82, 2.24) is 24.8 Å². The molecule has 10 heteroatoms. The van der Waals surface area contributed by atoms with E-state index in [9.17, 15) is 13.2 Å². The molecule has 0 aliphatic heterocycles. The molecule has 0 aliphatic rings. The first-order valence-electron chi connectivity index (χ1n) is 5.96. The van der Waals surface area contributed by atoms with E-state index in [4.69, 9.17) is 12.2 Å². The average molecular weight is 324 g/mol. The second kappa shape index (κ2) is 5.30. The zero-order chi connectivity index (χ0) is 15.7. The van der Waals surface area contributed by atoms with Crippen molar-refractivity contribution in [1.29, 1.82) is 0 Å². The molecule has 0 unspecified atom stereocenters. The van der Waals surface area contributed by atoms with Crippen molar-refractivity contribution in [2.24, 2.45) is 5.10 Å². The van der Waals surface area contributed by atoms with Gasteiger partial charge in [0.15, 0.2) is 0 Å². The Labute approximate surface area is 126 Å². The van der Waals surface area contributed by atoms with Crippen molar-refractivity contribution in [3.05, 3.63) is 46.8 Å². The fourth-order valence-corrected chi connectivity index (χ4v) is 1.91. The van der Waals surface area contributed by atoms with E-state index in [1.807, 2.05) is 6.07 Å². The second-order valence-electron chi connectivity index (χ2n) is 4.19. The lowest BCUT2D eigenvalue weighted by molar-refractivity contribution is -0.147. The van der Waals surface area contributed by atoms with Crippen LogP contribution in [0.25, 0.3) is 11.0 Å². The molecular weight excluding hydrogens is 317 g/mol.